The summed E-state index contributed by atoms with van der Waals surface area (Å²) < 4.78 is 6.32. The maximum Gasteiger partial charge on any atom is 0.294 e. The highest BCUT2D eigenvalue weighted by atomic mass is 127. The molecule has 1 heterocycles. The van der Waals surface area contributed by atoms with Crippen LogP contribution in [0.1, 0.15) is 13.8 Å². The molecule has 1 aromatic heterocycles. The molecule has 0 amide bonds. The highest BCUT2D eigenvalue weighted by Gasteiger charge is 1.99. The first-order valence-electron chi connectivity index (χ1n) is 3.52. The van der Waals surface area contributed by atoms with Gasteiger partial charge in [-0.2, -0.15) is 0 Å². The van der Waals surface area contributed by atoms with Crippen molar-refractivity contribution in [1.29, 1.82) is 0 Å². The zero-order chi connectivity index (χ0) is 8.27. The molecule has 0 saturated carbocycles. The van der Waals surface area contributed by atoms with Crippen molar-refractivity contribution in [3.8, 4) is 6.01 Å². The van der Waals surface area contributed by atoms with Gasteiger partial charge in [-0.15, -0.1) is 0 Å². The Kier molecular flexibility index (Phi) is 3.16. The quantitative estimate of drug-likeness (QED) is 0.850. The first kappa shape index (κ1) is 8.83. The van der Waals surface area contributed by atoms with Gasteiger partial charge in [0, 0.05) is 0 Å². The fourth-order valence-electron chi connectivity index (χ4n) is 0.601. The Balaban J connectivity index is 2.39. The van der Waals surface area contributed by atoms with Gasteiger partial charge in [-0.3, -0.25) is 0 Å². The van der Waals surface area contributed by atoms with Crippen LogP contribution in [0.5, 0.6) is 6.01 Å². The van der Waals surface area contributed by atoms with Gasteiger partial charge in [0.15, 0.2) is 0 Å². The van der Waals surface area contributed by atoms with Crippen LogP contribution >= 0.6 is 22.6 Å². The zero-order valence-electron chi connectivity index (χ0n) is 6.60. The molecule has 1 N–H and O–H groups in total. The molecule has 0 bridgehead atoms. The van der Waals surface area contributed by atoms with E-state index in [9.17, 15) is 0 Å². The van der Waals surface area contributed by atoms with E-state index < -0.39 is 0 Å². The fraction of sp³-hybridized carbons (Fsp3) is 0.571. The zero-order valence-corrected chi connectivity index (χ0v) is 8.75. The Labute approximate surface area is 79.7 Å². The monoisotopic (exact) mass is 266 g/mol. The van der Waals surface area contributed by atoms with Gasteiger partial charge in [-0.1, -0.05) is 13.8 Å². The number of halogens is 1. The smallest absolute Gasteiger partial charge is 0.294 e. The first-order chi connectivity index (χ1) is 5.18. The van der Waals surface area contributed by atoms with Gasteiger partial charge < -0.3 is 9.72 Å². The van der Waals surface area contributed by atoms with Crippen molar-refractivity contribution >= 4 is 22.6 Å². The Morgan fingerprint density at radius 1 is 1.73 bits per heavy atom. The maximum absolute atomic E-state index is 5.32. The summed E-state index contributed by atoms with van der Waals surface area (Å²) in [6, 6.07) is 0.614. The number of aromatic amines is 1. The van der Waals surface area contributed by atoms with Gasteiger partial charge in [0.2, 0.25) is 0 Å². The molecule has 0 aromatic carbocycles. The van der Waals surface area contributed by atoms with Crippen LogP contribution in [-0.2, 0) is 0 Å². The Bertz CT molecular complexity index is 222. The van der Waals surface area contributed by atoms with Crippen LogP contribution in [-0.4, -0.2) is 16.6 Å². The van der Waals surface area contributed by atoms with E-state index in [4.69, 9.17) is 4.74 Å². The molecule has 0 atom stereocenters. The van der Waals surface area contributed by atoms with Crippen molar-refractivity contribution in [2.45, 2.75) is 13.8 Å². The van der Waals surface area contributed by atoms with E-state index in [1.165, 1.54) is 0 Å². The van der Waals surface area contributed by atoms with Crippen molar-refractivity contribution in [3.05, 3.63) is 9.90 Å². The third-order valence-corrected chi connectivity index (χ3v) is 1.62. The van der Waals surface area contributed by atoms with Gasteiger partial charge in [-0.25, -0.2) is 4.98 Å². The predicted octanol–water partition coefficient (Wildman–Crippen LogP) is 2.05. The Morgan fingerprint density at radius 3 is 2.91 bits per heavy atom. The maximum atomic E-state index is 5.32. The minimum absolute atomic E-state index is 0.540. The van der Waals surface area contributed by atoms with Gasteiger partial charge in [0.1, 0.15) is 0 Å². The van der Waals surface area contributed by atoms with Crippen LogP contribution in [0.3, 0.4) is 0 Å². The van der Waals surface area contributed by atoms with Gasteiger partial charge in [0.05, 0.1) is 16.5 Å². The summed E-state index contributed by atoms with van der Waals surface area (Å²) in [5.41, 5.74) is 0. The van der Waals surface area contributed by atoms with Gasteiger partial charge in [0.25, 0.3) is 6.01 Å². The SMILES string of the molecule is CC(C)COc1ncc(I)[nH]1. The number of rotatable bonds is 3. The van der Waals surface area contributed by atoms with E-state index in [-0.39, 0.29) is 0 Å². The summed E-state index contributed by atoms with van der Waals surface area (Å²) >= 11 is 2.16. The number of nitrogens with one attached hydrogen (secondary N) is 1. The Morgan fingerprint density at radius 2 is 2.45 bits per heavy atom. The summed E-state index contributed by atoms with van der Waals surface area (Å²) in [6.45, 7) is 4.92. The second-order valence-electron chi connectivity index (χ2n) is 2.74. The summed E-state index contributed by atoms with van der Waals surface area (Å²) in [4.78, 5) is 6.99. The van der Waals surface area contributed by atoms with E-state index in [2.05, 4.69) is 46.4 Å². The average molecular weight is 266 g/mol. The van der Waals surface area contributed by atoms with Crippen molar-refractivity contribution < 1.29 is 4.74 Å². The van der Waals surface area contributed by atoms with E-state index in [1.807, 2.05) is 0 Å². The molecule has 3 nitrogen and oxygen atoms in total. The van der Waals surface area contributed by atoms with Crippen LogP contribution in [0, 0.1) is 9.62 Å². The predicted molar refractivity (Wildman–Crippen MR) is 51.6 cm³/mol. The van der Waals surface area contributed by atoms with E-state index >= 15 is 0 Å². The molecule has 0 aliphatic heterocycles. The van der Waals surface area contributed by atoms with Crippen LogP contribution in [0.2, 0.25) is 0 Å². The number of ether oxygens (including phenoxy) is 1. The average Bonchev–Trinajstić information content (AvgIpc) is 2.31. The van der Waals surface area contributed by atoms with E-state index in [1.54, 1.807) is 6.20 Å². The first-order valence-corrected chi connectivity index (χ1v) is 4.59. The highest BCUT2D eigenvalue weighted by molar-refractivity contribution is 14.1. The van der Waals surface area contributed by atoms with Crippen LogP contribution < -0.4 is 4.74 Å². The topological polar surface area (TPSA) is 37.9 Å². The lowest BCUT2D eigenvalue weighted by Crippen LogP contribution is -2.05. The van der Waals surface area contributed by atoms with Crippen molar-refractivity contribution in [2.75, 3.05) is 6.61 Å². The molecular formula is C7H11IN2O. The molecule has 1 aromatic rings. The standard InChI is InChI=1S/C7H11IN2O/c1-5(2)4-11-7-9-3-6(8)10-7/h3,5H,4H2,1-2H3,(H,9,10). The van der Waals surface area contributed by atoms with Gasteiger partial charge in [-0.05, 0) is 28.5 Å². The lowest BCUT2D eigenvalue weighted by atomic mass is 10.2. The van der Waals surface area contributed by atoms with Crippen molar-refractivity contribution in [3.63, 3.8) is 0 Å². The van der Waals surface area contributed by atoms with Crippen LogP contribution in [0.15, 0.2) is 6.20 Å². The van der Waals surface area contributed by atoms with Crippen molar-refractivity contribution in [1.82, 2.24) is 9.97 Å². The number of aromatic nitrogens is 2. The van der Waals surface area contributed by atoms with E-state index in [0.717, 1.165) is 3.70 Å². The normalized spacial score (nSPS) is 10.5. The molecule has 0 aliphatic carbocycles. The summed E-state index contributed by atoms with van der Waals surface area (Å²) in [7, 11) is 0. The molecule has 11 heavy (non-hydrogen) atoms. The number of nitrogens with zero attached hydrogens (tertiary/aromatic N) is 1. The molecular weight excluding hydrogens is 255 g/mol. The number of hydrogen-bond donors (Lipinski definition) is 1. The van der Waals surface area contributed by atoms with Crippen LogP contribution in [0.4, 0.5) is 0 Å². The third kappa shape index (κ3) is 3.09. The van der Waals surface area contributed by atoms with E-state index in [0.29, 0.717) is 18.5 Å². The second kappa shape index (κ2) is 3.94. The lowest BCUT2D eigenvalue weighted by molar-refractivity contribution is 0.253. The fourth-order valence-corrected chi connectivity index (χ4v) is 0.971. The summed E-state index contributed by atoms with van der Waals surface area (Å²) in [5, 5.41) is 0. The molecule has 62 valence electrons. The summed E-state index contributed by atoms with van der Waals surface area (Å²) in [6.07, 6.45) is 1.75. The molecule has 1 rings (SSSR count). The van der Waals surface area contributed by atoms with Crippen molar-refractivity contribution in [2.24, 2.45) is 5.92 Å². The molecule has 0 saturated heterocycles. The third-order valence-electron chi connectivity index (χ3n) is 1.07. The number of imidazole rings is 1. The minimum Gasteiger partial charge on any atom is -0.465 e. The lowest BCUT2D eigenvalue weighted by Gasteiger charge is -2.03. The van der Waals surface area contributed by atoms with Gasteiger partial charge >= 0.3 is 0 Å². The second-order valence-corrected chi connectivity index (χ2v) is 3.90. The number of hydrogen-bond acceptors (Lipinski definition) is 2. The number of H-pyrrole nitrogens is 1. The minimum atomic E-state index is 0.540. The molecule has 0 unspecified atom stereocenters. The molecule has 4 heteroatoms. The summed E-state index contributed by atoms with van der Waals surface area (Å²) in [5.74, 6) is 0.540. The Hall–Kier alpha value is -0.260. The molecule has 0 radical (unpaired) electrons. The molecule has 0 aliphatic rings. The molecule has 0 fully saturated rings. The van der Waals surface area contributed by atoms with Crippen LogP contribution in [0.25, 0.3) is 0 Å². The highest BCUT2D eigenvalue weighted by Crippen LogP contribution is 2.07. The molecule has 0 spiro atoms. The largest absolute Gasteiger partial charge is 0.465 e.